The van der Waals surface area contributed by atoms with Crippen molar-refractivity contribution in [3.63, 3.8) is 0 Å². The van der Waals surface area contributed by atoms with Gasteiger partial charge in [0.05, 0.1) is 18.2 Å². The molecule has 0 heterocycles. The molecule has 0 saturated carbocycles. The quantitative estimate of drug-likeness (QED) is 0.858. The number of hydrogen-bond acceptors (Lipinski definition) is 4. The highest BCUT2D eigenvalue weighted by Gasteiger charge is 2.13. The summed E-state index contributed by atoms with van der Waals surface area (Å²) in [5.74, 6) is 0.347. The zero-order chi connectivity index (χ0) is 12.8. The fraction of sp³-hybridized carbons (Fsp3) is 0.364. The van der Waals surface area contributed by atoms with Gasteiger partial charge in [-0.2, -0.15) is 0 Å². The van der Waals surface area contributed by atoms with Gasteiger partial charge in [0.2, 0.25) is 5.91 Å². The second kappa shape index (κ2) is 8.31. The molecule has 0 bridgehead atoms. The van der Waals surface area contributed by atoms with E-state index >= 15 is 0 Å². The molecule has 0 aliphatic heterocycles. The number of nitrogens with one attached hydrogen (secondary N) is 1. The molecule has 1 aromatic rings. The summed E-state index contributed by atoms with van der Waals surface area (Å²) in [4.78, 5) is 11.6. The Morgan fingerprint density at radius 2 is 2.17 bits per heavy atom. The van der Waals surface area contributed by atoms with E-state index in [2.05, 4.69) is 21.2 Å². The summed E-state index contributed by atoms with van der Waals surface area (Å²) in [6.07, 6.45) is 0. The van der Waals surface area contributed by atoms with Gasteiger partial charge >= 0.3 is 0 Å². The Morgan fingerprint density at radius 1 is 1.50 bits per heavy atom. The van der Waals surface area contributed by atoms with Crippen molar-refractivity contribution < 1.29 is 14.3 Å². The third-order valence-electron chi connectivity index (χ3n) is 2.10. The standard InChI is InChI=1S/C11H15BrN2O3.ClH/c1-16-6-9(13)11(15)14-7-3-4-8(12)10(5-7)17-2;/h3-5,9H,6,13H2,1-2H3,(H,14,15);1H. The average Bonchev–Trinajstić information content (AvgIpc) is 2.31. The SMILES string of the molecule is COCC(N)C(=O)Nc1ccc(Br)c(OC)c1.Cl. The van der Waals surface area contributed by atoms with Gasteiger partial charge in [-0.05, 0) is 28.1 Å². The van der Waals surface area contributed by atoms with Crippen LogP contribution in [0.4, 0.5) is 5.69 Å². The van der Waals surface area contributed by atoms with Crippen LogP contribution < -0.4 is 15.8 Å². The molecule has 0 saturated heterocycles. The van der Waals surface area contributed by atoms with E-state index in [-0.39, 0.29) is 24.9 Å². The molecule has 0 aromatic heterocycles. The topological polar surface area (TPSA) is 73.6 Å². The number of methoxy groups -OCH3 is 2. The summed E-state index contributed by atoms with van der Waals surface area (Å²) in [5.41, 5.74) is 6.22. The number of benzene rings is 1. The minimum atomic E-state index is -0.686. The van der Waals surface area contributed by atoms with Gasteiger partial charge < -0.3 is 20.5 Å². The number of carbonyl (C=O) groups excluding carboxylic acids is 1. The molecule has 18 heavy (non-hydrogen) atoms. The van der Waals surface area contributed by atoms with Crippen molar-refractivity contribution in [1.82, 2.24) is 0 Å². The van der Waals surface area contributed by atoms with Crippen LogP contribution in [0.2, 0.25) is 0 Å². The summed E-state index contributed by atoms with van der Waals surface area (Å²) >= 11 is 3.33. The highest BCUT2D eigenvalue weighted by Crippen LogP contribution is 2.27. The maximum absolute atomic E-state index is 11.6. The van der Waals surface area contributed by atoms with Crippen LogP contribution in [0.1, 0.15) is 0 Å². The van der Waals surface area contributed by atoms with E-state index in [4.69, 9.17) is 15.2 Å². The van der Waals surface area contributed by atoms with E-state index in [0.29, 0.717) is 11.4 Å². The number of rotatable bonds is 5. The molecule has 1 atom stereocenters. The number of hydrogen-bond donors (Lipinski definition) is 2. The lowest BCUT2D eigenvalue weighted by molar-refractivity contribution is -0.118. The van der Waals surface area contributed by atoms with Crippen LogP contribution in [-0.4, -0.2) is 32.8 Å². The highest BCUT2D eigenvalue weighted by atomic mass is 79.9. The number of nitrogens with two attached hydrogens (primary N) is 1. The minimum Gasteiger partial charge on any atom is -0.495 e. The largest absolute Gasteiger partial charge is 0.495 e. The second-order valence-electron chi connectivity index (χ2n) is 3.40. The van der Waals surface area contributed by atoms with Crippen LogP contribution in [0, 0.1) is 0 Å². The summed E-state index contributed by atoms with van der Waals surface area (Å²) in [5, 5.41) is 2.68. The smallest absolute Gasteiger partial charge is 0.243 e. The first-order valence-electron chi connectivity index (χ1n) is 4.97. The Hall–Kier alpha value is -0.820. The minimum absolute atomic E-state index is 0. The molecule has 0 aliphatic rings. The van der Waals surface area contributed by atoms with Crippen LogP contribution in [0.3, 0.4) is 0 Å². The molecular formula is C11H16BrClN2O3. The van der Waals surface area contributed by atoms with Gasteiger partial charge in [-0.25, -0.2) is 0 Å². The van der Waals surface area contributed by atoms with E-state index in [1.54, 1.807) is 25.3 Å². The summed E-state index contributed by atoms with van der Waals surface area (Å²) in [7, 11) is 3.05. The zero-order valence-corrected chi connectivity index (χ0v) is 12.5. The first-order valence-corrected chi connectivity index (χ1v) is 5.76. The predicted molar refractivity (Wildman–Crippen MR) is 76.4 cm³/mol. The van der Waals surface area contributed by atoms with Crippen molar-refractivity contribution in [2.75, 3.05) is 26.1 Å². The summed E-state index contributed by atoms with van der Waals surface area (Å²) in [6.45, 7) is 0.180. The van der Waals surface area contributed by atoms with Crippen LogP contribution >= 0.6 is 28.3 Å². The molecule has 1 amide bonds. The number of ether oxygens (including phenoxy) is 2. The van der Waals surface area contributed by atoms with Gasteiger partial charge in [0.1, 0.15) is 11.8 Å². The lowest BCUT2D eigenvalue weighted by Crippen LogP contribution is -2.39. The average molecular weight is 340 g/mol. The first-order chi connectivity index (χ1) is 8.08. The zero-order valence-electron chi connectivity index (χ0n) is 10.1. The van der Waals surface area contributed by atoms with E-state index < -0.39 is 6.04 Å². The van der Waals surface area contributed by atoms with Crippen molar-refractivity contribution in [2.24, 2.45) is 5.73 Å². The molecule has 0 spiro atoms. The van der Waals surface area contributed by atoms with Gasteiger partial charge in [-0.15, -0.1) is 12.4 Å². The first kappa shape index (κ1) is 17.2. The van der Waals surface area contributed by atoms with E-state index in [0.717, 1.165) is 4.47 Å². The molecule has 3 N–H and O–H groups in total. The van der Waals surface area contributed by atoms with Crippen molar-refractivity contribution in [3.05, 3.63) is 22.7 Å². The van der Waals surface area contributed by atoms with Gasteiger partial charge in [-0.3, -0.25) is 4.79 Å². The molecule has 1 rings (SSSR count). The van der Waals surface area contributed by atoms with E-state index in [1.165, 1.54) is 7.11 Å². The number of amides is 1. The fourth-order valence-electron chi connectivity index (χ4n) is 1.23. The molecular weight excluding hydrogens is 323 g/mol. The van der Waals surface area contributed by atoms with E-state index in [9.17, 15) is 4.79 Å². The van der Waals surface area contributed by atoms with Crippen molar-refractivity contribution in [2.45, 2.75) is 6.04 Å². The van der Waals surface area contributed by atoms with Crippen LogP contribution in [0.5, 0.6) is 5.75 Å². The molecule has 102 valence electrons. The van der Waals surface area contributed by atoms with Crippen molar-refractivity contribution in [3.8, 4) is 5.75 Å². The van der Waals surface area contributed by atoms with Gasteiger partial charge in [-0.1, -0.05) is 0 Å². The Balaban J connectivity index is 0.00000289. The second-order valence-corrected chi connectivity index (χ2v) is 4.25. The van der Waals surface area contributed by atoms with Crippen molar-refractivity contribution >= 4 is 39.9 Å². The van der Waals surface area contributed by atoms with Crippen LogP contribution in [0.15, 0.2) is 22.7 Å². The molecule has 0 radical (unpaired) electrons. The Morgan fingerprint density at radius 3 is 2.72 bits per heavy atom. The Labute approximate surface area is 121 Å². The third kappa shape index (κ3) is 4.81. The lowest BCUT2D eigenvalue weighted by Gasteiger charge is -2.12. The van der Waals surface area contributed by atoms with Crippen LogP contribution in [0.25, 0.3) is 0 Å². The molecule has 0 fully saturated rings. The number of carbonyl (C=O) groups is 1. The van der Waals surface area contributed by atoms with Crippen LogP contribution in [-0.2, 0) is 9.53 Å². The normalized spacial score (nSPS) is 11.3. The van der Waals surface area contributed by atoms with Gasteiger partial charge in [0, 0.05) is 18.9 Å². The fourth-order valence-corrected chi connectivity index (χ4v) is 1.64. The van der Waals surface area contributed by atoms with Gasteiger partial charge in [0.15, 0.2) is 0 Å². The highest BCUT2D eigenvalue weighted by molar-refractivity contribution is 9.10. The maximum atomic E-state index is 11.6. The summed E-state index contributed by atoms with van der Waals surface area (Å²) < 4.78 is 10.7. The van der Waals surface area contributed by atoms with Gasteiger partial charge in [0.25, 0.3) is 0 Å². The van der Waals surface area contributed by atoms with Crippen molar-refractivity contribution in [1.29, 1.82) is 0 Å². The molecule has 0 aliphatic carbocycles. The predicted octanol–water partition coefficient (Wildman–Crippen LogP) is 1.79. The Bertz CT molecular complexity index is 404. The van der Waals surface area contributed by atoms with E-state index in [1.807, 2.05) is 0 Å². The molecule has 1 unspecified atom stereocenters. The molecule has 5 nitrogen and oxygen atoms in total. The number of halogens is 2. The third-order valence-corrected chi connectivity index (χ3v) is 2.76. The maximum Gasteiger partial charge on any atom is 0.243 e. The summed E-state index contributed by atoms with van der Waals surface area (Å²) in [6, 6.07) is 4.57. The number of anilines is 1. The monoisotopic (exact) mass is 338 g/mol. The Kier molecular flexibility index (Phi) is 7.93. The molecule has 7 heteroatoms. The molecule has 1 aromatic carbocycles. The lowest BCUT2D eigenvalue weighted by atomic mass is 10.2.